The second kappa shape index (κ2) is 5.12. The van der Waals surface area contributed by atoms with Crippen LogP contribution in [0.4, 0.5) is 0 Å². The second-order valence-corrected chi connectivity index (χ2v) is 6.72. The highest BCUT2D eigenvalue weighted by Crippen LogP contribution is 2.22. The number of morpholine rings is 1. The number of hydrogen-bond donors (Lipinski definition) is 1. The standard InChI is InChI=1S/C10H17NO6S/c1-16-10(13)7-4-17-3-2-11(7)8-5-18(14,15)6-9(8)12/h7-9,12H,2-6H2,1H3. The van der Waals surface area contributed by atoms with E-state index in [-0.39, 0.29) is 18.1 Å². The third-order valence-corrected chi connectivity index (χ3v) is 5.06. The molecule has 0 amide bonds. The number of carbonyl (C=O) groups is 1. The molecule has 8 heteroatoms. The number of hydrogen-bond acceptors (Lipinski definition) is 7. The van der Waals surface area contributed by atoms with Crippen LogP contribution in [0.2, 0.25) is 0 Å². The molecular weight excluding hydrogens is 262 g/mol. The molecule has 3 unspecified atom stereocenters. The van der Waals surface area contributed by atoms with Gasteiger partial charge in [-0.25, -0.2) is 8.42 Å². The summed E-state index contributed by atoms with van der Waals surface area (Å²) in [5.74, 6) is -0.837. The van der Waals surface area contributed by atoms with Gasteiger partial charge in [0, 0.05) is 6.54 Å². The molecular formula is C10H17NO6S. The lowest BCUT2D eigenvalue weighted by Gasteiger charge is -2.38. The topological polar surface area (TPSA) is 93.1 Å². The van der Waals surface area contributed by atoms with Crippen molar-refractivity contribution in [3.8, 4) is 0 Å². The van der Waals surface area contributed by atoms with Gasteiger partial charge < -0.3 is 14.6 Å². The molecule has 2 heterocycles. The quantitative estimate of drug-likeness (QED) is 0.585. The Morgan fingerprint density at radius 2 is 2.17 bits per heavy atom. The summed E-state index contributed by atoms with van der Waals surface area (Å²) in [5, 5.41) is 9.84. The molecule has 0 spiro atoms. The van der Waals surface area contributed by atoms with E-state index in [9.17, 15) is 18.3 Å². The summed E-state index contributed by atoms with van der Waals surface area (Å²) in [5.41, 5.74) is 0. The lowest BCUT2D eigenvalue weighted by molar-refractivity contribution is -0.156. The zero-order valence-corrected chi connectivity index (χ0v) is 10.9. The molecule has 18 heavy (non-hydrogen) atoms. The first-order valence-corrected chi connectivity index (χ1v) is 7.56. The van der Waals surface area contributed by atoms with E-state index < -0.39 is 34.0 Å². The van der Waals surface area contributed by atoms with Gasteiger partial charge in [0.15, 0.2) is 9.84 Å². The lowest BCUT2D eigenvalue weighted by Crippen LogP contribution is -2.57. The van der Waals surface area contributed by atoms with E-state index in [0.29, 0.717) is 13.2 Å². The van der Waals surface area contributed by atoms with E-state index in [4.69, 9.17) is 4.74 Å². The van der Waals surface area contributed by atoms with Crippen molar-refractivity contribution in [1.82, 2.24) is 4.90 Å². The summed E-state index contributed by atoms with van der Waals surface area (Å²) in [4.78, 5) is 13.3. The van der Waals surface area contributed by atoms with Gasteiger partial charge in [-0.05, 0) is 0 Å². The van der Waals surface area contributed by atoms with Crippen LogP contribution in [-0.4, -0.2) is 81.0 Å². The molecule has 2 fully saturated rings. The molecule has 0 aromatic carbocycles. The van der Waals surface area contributed by atoms with Gasteiger partial charge in [0.1, 0.15) is 6.04 Å². The van der Waals surface area contributed by atoms with Crippen LogP contribution in [0.15, 0.2) is 0 Å². The fourth-order valence-electron chi connectivity index (χ4n) is 2.48. The monoisotopic (exact) mass is 279 g/mol. The van der Waals surface area contributed by atoms with Crippen molar-refractivity contribution in [3.05, 3.63) is 0 Å². The maximum Gasteiger partial charge on any atom is 0.325 e. The summed E-state index contributed by atoms with van der Waals surface area (Å²) >= 11 is 0. The number of carbonyl (C=O) groups excluding carboxylic acids is 1. The fourth-order valence-corrected chi connectivity index (χ4v) is 4.29. The number of nitrogens with zero attached hydrogens (tertiary/aromatic N) is 1. The Bertz CT molecular complexity index is 422. The first kappa shape index (κ1) is 13.7. The number of aliphatic hydroxyl groups is 1. The van der Waals surface area contributed by atoms with E-state index >= 15 is 0 Å². The summed E-state index contributed by atoms with van der Waals surface area (Å²) in [7, 11) is -1.96. The van der Waals surface area contributed by atoms with Crippen LogP contribution in [0.3, 0.4) is 0 Å². The minimum absolute atomic E-state index is 0.123. The fraction of sp³-hybridized carbons (Fsp3) is 0.900. The van der Waals surface area contributed by atoms with E-state index in [0.717, 1.165) is 0 Å². The Hall–Kier alpha value is -0.700. The predicted octanol–water partition coefficient (Wildman–Crippen LogP) is -1.98. The van der Waals surface area contributed by atoms with Crippen LogP contribution in [0, 0.1) is 0 Å². The highest BCUT2D eigenvalue weighted by molar-refractivity contribution is 7.91. The van der Waals surface area contributed by atoms with Crippen molar-refractivity contribution in [1.29, 1.82) is 0 Å². The maximum absolute atomic E-state index is 11.6. The van der Waals surface area contributed by atoms with Crippen LogP contribution in [0.1, 0.15) is 0 Å². The van der Waals surface area contributed by atoms with E-state index in [1.807, 2.05) is 0 Å². The van der Waals surface area contributed by atoms with Gasteiger partial charge in [0.05, 0.1) is 44.0 Å². The number of rotatable bonds is 2. The number of methoxy groups -OCH3 is 1. The summed E-state index contributed by atoms with van der Waals surface area (Å²) in [6, 6.07) is -1.19. The summed E-state index contributed by atoms with van der Waals surface area (Å²) in [6.45, 7) is 0.990. The third-order valence-electron chi connectivity index (χ3n) is 3.36. The molecule has 2 aliphatic rings. The molecule has 2 aliphatic heterocycles. The minimum atomic E-state index is -3.23. The SMILES string of the molecule is COC(=O)C1COCCN1C1CS(=O)(=O)CC1O. The molecule has 0 saturated carbocycles. The van der Waals surface area contributed by atoms with Gasteiger partial charge in [-0.3, -0.25) is 9.69 Å². The average molecular weight is 279 g/mol. The molecule has 2 saturated heterocycles. The molecule has 3 atom stereocenters. The smallest absolute Gasteiger partial charge is 0.325 e. The number of sulfone groups is 1. The van der Waals surface area contributed by atoms with E-state index in [1.54, 1.807) is 4.90 Å². The zero-order valence-electron chi connectivity index (χ0n) is 10.1. The van der Waals surface area contributed by atoms with Crippen LogP contribution in [0.25, 0.3) is 0 Å². The van der Waals surface area contributed by atoms with Gasteiger partial charge in [-0.15, -0.1) is 0 Å². The molecule has 1 N–H and O–H groups in total. The van der Waals surface area contributed by atoms with Crippen molar-refractivity contribution >= 4 is 15.8 Å². The Labute approximate surface area is 106 Å². The Kier molecular flexibility index (Phi) is 3.90. The van der Waals surface area contributed by atoms with E-state index in [2.05, 4.69) is 4.74 Å². The van der Waals surface area contributed by atoms with Crippen molar-refractivity contribution in [3.63, 3.8) is 0 Å². The van der Waals surface area contributed by atoms with Crippen molar-refractivity contribution in [2.24, 2.45) is 0 Å². The number of aliphatic hydroxyl groups excluding tert-OH is 1. The van der Waals surface area contributed by atoms with Gasteiger partial charge in [0.2, 0.25) is 0 Å². The van der Waals surface area contributed by atoms with Gasteiger partial charge in [-0.1, -0.05) is 0 Å². The molecule has 7 nitrogen and oxygen atoms in total. The molecule has 0 radical (unpaired) electrons. The number of esters is 1. The van der Waals surface area contributed by atoms with Crippen molar-refractivity contribution in [2.75, 3.05) is 38.4 Å². The van der Waals surface area contributed by atoms with Crippen molar-refractivity contribution < 1.29 is 27.8 Å². The molecule has 0 bridgehead atoms. The molecule has 104 valence electrons. The number of ether oxygens (including phenoxy) is 2. The van der Waals surface area contributed by atoms with Crippen LogP contribution < -0.4 is 0 Å². The average Bonchev–Trinajstić information content (AvgIpc) is 2.61. The predicted molar refractivity (Wildman–Crippen MR) is 61.8 cm³/mol. The largest absolute Gasteiger partial charge is 0.468 e. The maximum atomic E-state index is 11.6. The lowest BCUT2D eigenvalue weighted by atomic mass is 10.1. The summed E-state index contributed by atoms with van der Waals surface area (Å²) in [6.07, 6.45) is -0.958. The van der Waals surface area contributed by atoms with Crippen LogP contribution >= 0.6 is 0 Å². The van der Waals surface area contributed by atoms with E-state index in [1.165, 1.54) is 7.11 Å². The molecule has 0 aliphatic carbocycles. The Balaban J connectivity index is 2.17. The van der Waals surface area contributed by atoms with Gasteiger partial charge in [-0.2, -0.15) is 0 Å². The minimum Gasteiger partial charge on any atom is -0.468 e. The first-order valence-electron chi connectivity index (χ1n) is 5.74. The van der Waals surface area contributed by atoms with Crippen LogP contribution in [0.5, 0.6) is 0 Å². The van der Waals surface area contributed by atoms with Gasteiger partial charge >= 0.3 is 5.97 Å². The van der Waals surface area contributed by atoms with Crippen LogP contribution in [-0.2, 0) is 24.1 Å². The van der Waals surface area contributed by atoms with Gasteiger partial charge in [0.25, 0.3) is 0 Å². The highest BCUT2D eigenvalue weighted by atomic mass is 32.2. The highest BCUT2D eigenvalue weighted by Gasteiger charge is 2.45. The Morgan fingerprint density at radius 3 is 2.72 bits per heavy atom. The zero-order chi connectivity index (χ0) is 13.3. The van der Waals surface area contributed by atoms with Crippen molar-refractivity contribution in [2.45, 2.75) is 18.2 Å². The summed E-state index contributed by atoms with van der Waals surface area (Å²) < 4.78 is 32.9. The third kappa shape index (κ3) is 2.66. The molecule has 0 aromatic heterocycles. The Morgan fingerprint density at radius 1 is 1.44 bits per heavy atom. The normalized spacial score (nSPS) is 36.4. The molecule has 0 aromatic rings. The molecule has 2 rings (SSSR count). The second-order valence-electron chi connectivity index (χ2n) is 4.56. The first-order chi connectivity index (χ1) is 8.44.